The number of thiocarbonyl (C=S) groups is 1. The van der Waals surface area contributed by atoms with Gasteiger partial charge < -0.3 is 30.5 Å². The Morgan fingerprint density at radius 1 is 0.875 bits per heavy atom. The number of hydrogen-bond donors (Lipinski definition) is 4. The first-order chi connectivity index (χ1) is 15.6. The van der Waals surface area contributed by atoms with E-state index in [1.54, 1.807) is 7.11 Å². The molecule has 0 aliphatic heterocycles. The number of methoxy groups -OCH3 is 1. The van der Waals surface area contributed by atoms with Gasteiger partial charge in [-0.25, -0.2) is 0 Å². The highest BCUT2D eigenvalue weighted by atomic mass is 32.1. The molecule has 0 saturated carbocycles. The Hall–Kier alpha value is -3.13. The maximum Gasteiger partial charge on any atom is 0.175 e. The Labute approximate surface area is 194 Å². The normalized spacial score (nSPS) is 11.4. The van der Waals surface area contributed by atoms with Crippen LogP contribution in [-0.2, 0) is 6.42 Å². The second kappa shape index (κ2) is 12.7. The molecule has 3 aromatic carbocycles. The van der Waals surface area contributed by atoms with Crippen molar-refractivity contribution in [3.05, 3.63) is 84.4 Å². The molecule has 0 amide bonds. The average molecular weight is 452 g/mol. The number of nitrogens with one attached hydrogen (secondary N) is 3. The summed E-state index contributed by atoms with van der Waals surface area (Å²) in [6.07, 6.45) is 0.308. The lowest BCUT2D eigenvalue weighted by atomic mass is 10.1. The van der Waals surface area contributed by atoms with Crippen molar-refractivity contribution in [2.24, 2.45) is 0 Å². The molecule has 0 bridgehead atoms. The lowest BCUT2D eigenvalue weighted by molar-refractivity contribution is 0.106. The molecule has 7 heteroatoms. The van der Waals surface area contributed by atoms with Gasteiger partial charge in [0.1, 0.15) is 24.2 Å². The minimum absolute atomic E-state index is 0.266. The van der Waals surface area contributed by atoms with E-state index in [9.17, 15) is 5.11 Å². The van der Waals surface area contributed by atoms with Crippen LogP contribution >= 0.6 is 12.2 Å². The first-order valence-corrected chi connectivity index (χ1v) is 10.9. The summed E-state index contributed by atoms with van der Waals surface area (Å²) >= 11 is 5.38. The molecule has 0 heterocycles. The first-order valence-electron chi connectivity index (χ1n) is 10.5. The third-order valence-corrected chi connectivity index (χ3v) is 4.92. The number of benzene rings is 3. The molecule has 4 N–H and O–H groups in total. The smallest absolute Gasteiger partial charge is 0.175 e. The number of aliphatic hydroxyl groups is 1. The van der Waals surface area contributed by atoms with Crippen LogP contribution < -0.4 is 25.4 Å². The summed E-state index contributed by atoms with van der Waals surface area (Å²) in [6.45, 7) is 1.52. The SMILES string of the molecule is COc1ccc(NC(=S)Nc2ccc(CCNC[C@H](O)COc3ccccc3)cc2)cc1. The zero-order valence-corrected chi connectivity index (χ0v) is 18.9. The van der Waals surface area contributed by atoms with Gasteiger partial charge in [-0.3, -0.25) is 0 Å². The van der Waals surface area contributed by atoms with Crippen molar-refractivity contribution < 1.29 is 14.6 Å². The van der Waals surface area contributed by atoms with Crippen LogP contribution in [0.2, 0.25) is 0 Å². The van der Waals surface area contributed by atoms with Crippen LogP contribution in [0.25, 0.3) is 0 Å². The van der Waals surface area contributed by atoms with Crippen LogP contribution in [0.15, 0.2) is 78.9 Å². The van der Waals surface area contributed by atoms with Crippen molar-refractivity contribution in [3.63, 3.8) is 0 Å². The van der Waals surface area contributed by atoms with Gasteiger partial charge in [0.15, 0.2) is 5.11 Å². The molecule has 6 nitrogen and oxygen atoms in total. The number of para-hydroxylation sites is 1. The summed E-state index contributed by atoms with van der Waals surface area (Å²) in [5.41, 5.74) is 3.01. The van der Waals surface area contributed by atoms with Gasteiger partial charge in [-0.15, -0.1) is 0 Å². The molecule has 0 radical (unpaired) electrons. The molecular formula is C25H29N3O3S. The molecule has 32 heavy (non-hydrogen) atoms. The van der Waals surface area contributed by atoms with E-state index in [1.165, 1.54) is 5.56 Å². The molecular weight excluding hydrogens is 422 g/mol. The zero-order valence-electron chi connectivity index (χ0n) is 18.1. The molecule has 3 aromatic rings. The van der Waals surface area contributed by atoms with Crippen molar-refractivity contribution in [2.75, 3.05) is 37.4 Å². The van der Waals surface area contributed by atoms with Crippen LogP contribution in [-0.4, -0.2) is 43.1 Å². The highest BCUT2D eigenvalue weighted by Crippen LogP contribution is 2.16. The van der Waals surface area contributed by atoms with Gasteiger partial charge in [0.05, 0.1) is 7.11 Å². The van der Waals surface area contributed by atoms with E-state index in [4.69, 9.17) is 21.7 Å². The van der Waals surface area contributed by atoms with Gasteiger partial charge in [0.2, 0.25) is 0 Å². The average Bonchev–Trinajstić information content (AvgIpc) is 2.82. The molecule has 0 aliphatic carbocycles. The Morgan fingerprint density at radius 2 is 1.50 bits per heavy atom. The molecule has 0 aromatic heterocycles. The highest BCUT2D eigenvalue weighted by molar-refractivity contribution is 7.80. The predicted molar refractivity (Wildman–Crippen MR) is 134 cm³/mol. The van der Waals surface area contributed by atoms with Gasteiger partial charge in [0.25, 0.3) is 0 Å². The number of rotatable bonds is 11. The monoisotopic (exact) mass is 451 g/mol. The maximum atomic E-state index is 10.0. The summed E-state index contributed by atoms with van der Waals surface area (Å²) in [4.78, 5) is 0. The van der Waals surface area contributed by atoms with Gasteiger partial charge in [-0.05, 0) is 79.3 Å². The molecule has 0 aliphatic rings. The topological polar surface area (TPSA) is 74.8 Å². The third kappa shape index (κ3) is 8.19. The largest absolute Gasteiger partial charge is 0.497 e. The fourth-order valence-corrected chi connectivity index (χ4v) is 3.23. The minimum Gasteiger partial charge on any atom is -0.497 e. The van der Waals surface area contributed by atoms with Crippen molar-refractivity contribution in [1.29, 1.82) is 0 Å². The Morgan fingerprint density at radius 3 is 2.12 bits per heavy atom. The van der Waals surface area contributed by atoms with E-state index in [-0.39, 0.29) is 6.61 Å². The zero-order chi connectivity index (χ0) is 22.6. The van der Waals surface area contributed by atoms with Crippen molar-refractivity contribution in [3.8, 4) is 11.5 Å². The van der Waals surface area contributed by atoms with Crippen LogP contribution in [0, 0.1) is 0 Å². The van der Waals surface area contributed by atoms with Crippen LogP contribution in [0.4, 0.5) is 11.4 Å². The standard InChI is InChI=1S/C25H29N3O3S/c1-30-23-13-11-21(12-14-23)28-25(32)27-20-9-7-19(8-10-20)15-16-26-17-22(29)18-31-24-5-3-2-4-6-24/h2-14,22,26,29H,15-18H2,1H3,(H2,27,28,32)/t22-/m0/s1. The second-order valence-electron chi connectivity index (χ2n) is 7.24. The summed E-state index contributed by atoms with van der Waals surface area (Å²) in [5.74, 6) is 1.56. The Kier molecular flexibility index (Phi) is 9.31. The van der Waals surface area contributed by atoms with E-state index in [2.05, 4.69) is 28.1 Å². The van der Waals surface area contributed by atoms with Gasteiger partial charge in [0, 0.05) is 17.9 Å². The molecule has 168 valence electrons. The molecule has 3 rings (SSSR count). The van der Waals surface area contributed by atoms with E-state index in [1.807, 2.05) is 66.7 Å². The lowest BCUT2D eigenvalue weighted by Gasteiger charge is -2.13. The molecule has 0 fully saturated rings. The molecule has 0 unspecified atom stereocenters. The van der Waals surface area contributed by atoms with Crippen LogP contribution in [0.3, 0.4) is 0 Å². The Balaban J connectivity index is 1.33. The number of hydrogen-bond acceptors (Lipinski definition) is 5. The van der Waals surface area contributed by atoms with E-state index in [0.29, 0.717) is 11.7 Å². The second-order valence-corrected chi connectivity index (χ2v) is 7.64. The maximum absolute atomic E-state index is 10.0. The van der Waals surface area contributed by atoms with Crippen molar-refractivity contribution in [1.82, 2.24) is 5.32 Å². The predicted octanol–water partition coefficient (Wildman–Crippen LogP) is 4.08. The summed E-state index contributed by atoms with van der Waals surface area (Å²) < 4.78 is 10.7. The number of ether oxygens (including phenoxy) is 2. The highest BCUT2D eigenvalue weighted by Gasteiger charge is 2.05. The fourth-order valence-electron chi connectivity index (χ4n) is 2.99. The lowest BCUT2D eigenvalue weighted by Crippen LogP contribution is -2.32. The summed E-state index contributed by atoms with van der Waals surface area (Å²) in [5, 5.41) is 20.2. The van der Waals surface area contributed by atoms with E-state index >= 15 is 0 Å². The minimum atomic E-state index is -0.555. The van der Waals surface area contributed by atoms with E-state index < -0.39 is 6.10 Å². The third-order valence-electron chi connectivity index (χ3n) is 4.72. The molecule has 1 atom stereocenters. The van der Waals surface area contributed by atoms with Crippen LogP contribution in [0.5, 0.6) is 11.5 Å². The molecule has 0 spiro atoms. The summed E-state index contributed by atoms with van der Waals surface area (Å²) in [6, 6.07) is 25.2. The van der Waals surface area contributed by atoms with Crippen molar-refractivity contribution in [2.45, 2.75) is 12.5 Å². The van der Waals surface area contributed by atoms with Gasteiger partial charge >= 0.3 is 0 Å². The number of aliphatic hydroxyl groups excluding tert-OH is 1. The van der Waals surface area contributed by atoms with Crippen molar-refractivity contribution >= 4 is 28.7 Å². The summed E-state index contributed by atoms with van der Waals surface area (Å²) in [7, 11) is 1.64. The van der Waals surface area contributed by atoms with Gasteiger partial charge in [-0.2, -0.15) is 0 Å². The first kappa shape index (κ1) is 23.5. The van der Waals surface area contributed by atoms with Gasteiger partial charge in [-0.1, -0.05) is 30.3 Å². The van der Waals surface area contributed by atoms with Crippen LogP contribution in [0.1, 0.15) is 5.56 Å². The van der Waals surface area contributed by atoms with E-state index in [0.717, 1.165) is 35.8 Å². The number of anilines is 2. The fraction of sp³-hybridized carbons (Fsp3) is 0.240. The quantitative estimate of drug-likeness (QED) is 0.259. The Bertz CT molecular complexity index is 950. The molecule has 0 saturated heterocycles.